The highest BCUT2D eigenvalue weighted by molar-refractivity contribution is 5.79. The van der Waals surface area contributed by atoms with Crippen LogP contribution in [0.1, 0.15) is 34.8 Å². The number of nitrogens with zero attached hydrogens (tertiary/aromatic N) is 3. The standard InChI is InChI=1S/C23H23F3N4O2/c24-23(25,26)19-8-6-16(7-9-19)12-18-10-11-30-13-20(28-29-30)14-32-15-21(27-22(18)31)17-4-2-1-3-5-17/h1-9,13,18,21H,10-12,14-15H2,(H,27,31)/t18-,21+/m1/s1. The summed E-state index contributed by atoms with van der Waals surface area (Å²) in [5.74, 6) is -0.631. The highest BCUT2D eigenvalue weighted by Gasteiger charge is 2.30. The largest absolute Gasteiger partial charge is 0.416 e. The van der Waals surface area contributed by atoms with Crippen molar-refractivity contribution in [2.75, 3.05) is 6.61 Å². The number of carbonyl (C=O) groups is 1. The molecule has 0 radical (unpaired) electrons. The van der Waals surface area contributed by atoms with E-state index < -0.39 is 17.7 Å². The average molecular weight is 444 g/mol. The molecule has 2 heterocycles. The molecular formula is C23H23F3N4O2. The van der Waals surface area contributed by atoms with Crippen molar-refractivity contribution in [3.8, 4) is 0 Å². The van der Waals surface area contributed by atoms with Crippen LogP contribution in [0.2, 0.25) is 0 Å². The molecule has 2 atom stereocenters. The minimum absolute atomic E-state index is 0.178. The maximum Gasteiger partial charge on any atom is 0.416 e. The van der Waals surface area contributed by atoms with E-state index in [0.717, 1.165) is 17.7 Å². The summed E-state index contributed by atoms with van der Waals surface area (Å²) in [6, 6.07) is 14.1. The van der Waals surface area contributed by atoms with Crippen LogP contribution in [0.25, 0.3) is 0 Å². The number of hydrogen-bond donors (Lipinski definition) is 1. The smallest absolute Gasteiger partial charge is 0.373 e. The zero-order valence-corrected chi connectivity index (χ0v) is 17.3. The second kappa shape index (κ2) is 9.52. The van der Waals surface area contributed by atoms with Crippen LogP contribution in [-0.2, 0) is 35.3 Å². The number of carbonyl (C=O) groups excluding carboxylic acids is 1. The number of nitrogens with one attached hydrogen (secondary N) is 1. The lowest BCUT2D eigenvalue weighted by atomic mass is 9.93. The summed E-state index contributed by atoms with van der Waals surface area (Å²) in [7, 11) is 0. The van der Waals surface area contributed by atoms with Gasteiger partial charge in [-0.2, -0.15) is 13.2 Å². The van der Waals surface area contributed by atoms with Crippen LogP contribution < -0.4 is 5.32 Å². The zero-order valence-electron chi connectivity index (χ0n) is 17.3. The first-order valence-electron chi connectivity index (χ1n) is 10.4. The molecule has 0 saturated heterocycles. The number of alkyl halides is 3. The van der Waals surface area contributed by atoms with Crippen molar-refractivity contribution in [1.82, 2.24) is 20.3 Å². The number of aryl methyl sites for hydroxylation is 1. The Labute approximate surface area is 183 Å². The van der Waals surface area contributed by atoms with Gasteiger partial charge in [0.1, 0.15) is 5.69 Å². The van der Waals surface area contributed by atoms with E-state index in [9.17, 15) is 18.0 Å². The number of ether oxygens (including phenoxy) is 1. The second-order valence-corrected chi connectivity index (χ2v) is 7.84. The molecule has 4 rings (SSSR count). The molecule has 1 aliphatic heterocycles. The molecule has 9 heteroatoms. The van der Waals surface area contributed by atoms with Gasteiger partial charge in [0.25, 0.3) is 0 Å². The van der Waals surface area contributed by atoms with E-state index in [4.69, 9.17) is 4.74 Å². The summed E-state index contributed by atoms with van der Waals surface area (Å²) in [6.45, 7) is 1.01. The molecule has 1 N–H and O–H groups in total. The Morgan fingerprint density at radius 3 is 2.56 bits per heavy atom. The quantitative estimate of drug-likeness (QED) is 0.665. The highest BCUT2D eigenvalue weighted by atomic mass is 19.4. The number of halogens is 3. The summed E-state index contributed by atoms with van der Waals surface area (Å²) in [4.78, 5) is 13.2. The van der Waals surface area contributed by atoms with Crippen LogP contribution in [0.3, 0.4) is 0 Å². The summed E-state index contributed by atoms with van der Waals surface area (Å²) >= 11 is 0. The lowest BCUT2D eigenvalue weighted by Crippen LogP contribution is -2.37. The van der Waals surface area contributed by atoms with Gasteiger partial charge in [0.05, 0.1) is 31.0 Å². The molecular weight excluding hydrogens is 421 g/mol. The number of amides is 1. The van der Waals surface area contributed by atoms with Gasteiger partial charge in [0.15, 0.2) is 0 Å². The first-order valence-corrected chi connectivity index (χ1v) is 10.4. The maximum atomic E-state index is 13.2. The van der Waals surface area contributed by atoms with Crippen LogP contribution in [0.4, 0.5) is 13.2 Å². The summed E-state index contributed by atoms with van der Waals surface area (Å²) in [5, 5.41) is 11.2. The third-order valence-corrected chi connectivity index (χ3v) is 5.48. The van der Waals surface area contributed by atoms with Crippen molar-refractivity contribution < 1.29 is 22.7 Å². The third kappa shape index (κ3) is 5.53. The summed E-state index contributed by atoms with van der Waals surface area (Å²) in [5.41, 5.74) is 1.57. The van der Waals surface area contributed by atoms with Gasteiger partial charge in [0, 0.05) is 12.5 Å². The highest BCUT2D eigenvalue weighted by Crippen LogP contribution is 2.29. The molecule has 168 valence electrons. The normalized spacial score (nSPS) is 20.2. The second-order valence-electron chi connectivity index (χ2n) is 7.84. The first-order chi connectivity index (χ1) is 15.4. The maximum absolute atomic E-state index is 13.2. The number of hydrogen-bond acceptors (Lipinski definition) is 4. The molecule has 0 aliphatic carbocycles. The molecule has 0 unspecified atom stereocenters. The van der Waals surface area contributed by atoms with E-state index in [0.29, 0.717) is 30.6 Å². The Morgan fingerprint density at radius 1 is 1.09 bits per heavy atom. The van der Waals surface area contributed by atoms with Gasteiger partial charge in [-0.1, -0.05) is 47.7 Å². The molecule has 1 aliphatic rings. The van der Waals surface area contributed by atoms with Crippen LogP contribution in [0.15, 0.2) is 60.8 Å². The van der Waals surface area contributed by atoms with E-state index in [1.54, 1.807) is 10.9 Å². The van der Waals surface area contributed by atoms with Crippen molar-refractivity contribution in [2.45, 2.75) is 38.2 Å². The predicted molar refractivity (Wildman–Crippen MR) is 110 cm³/mol. The first kappa shape index (κ1) is 22.0. The minimum atomic E-state index is -4.39. The molecule has 32 heavy (non-hydrogen) atoms. The molecule has 0 spiro atoms. The van der Waals surface area contributed by atoms with Gasteiger partial charge in [-0.05, 0) is 36.1 Å². The van der Waals surface area contributed by atoms with Gasteiger partial charge in [-0.15, -0.1) is 5.10 Å². The van der Waals surface area contributed by atoms with Crippen molar-refractivity contribution in [3.05, 3.63) is 83.2 Å². The number of benzene rings is 2. The van der Waals surface area contributed by atoms with Crippen molar-refractivity contribution in [1.29, 1.82) is 0 Å². The Bertz CT molecular complexity index is 1040. The van der Waals surface area contributed by atoms with Gasteiger partial charge in [-0.25, -0.2) is 0 Å². The fourth-order valence-electron chi connectivity index (χ4n) is 3.72. The molecule has 0 saturated carbocycles. The van der Waals surface area contributed by atoms with Crippen molar-refractivity contribution in [2.24, 2.45) is 5.92 Å². The topological polar surface area (TPSA) is 69.0 Å². The molecule has 3 aromatic rings. The fourth-order valence-corrected chi connectivity index (χ4v) is 3.72. The van der Waals surface area contributed by atoms with E-state index in [1.165, 1.54) is 12.1 Å². The van der Waals surface area contributed by atoms with Gasteiger partial charge in [-0.3, -0.25) is 9.48 Å². The Balaban J connectivity index is 1.56. The van der Waals surface area contributed by atoms with Crippen molar-refractivity contribution >= 4 is 5.91 Å². The molecule has 2 aromatic carbocycles. The lowest BCUT2D eigenvalue weighted by Gasteiger charge is -2.24. The monoisotopic (exact) mass is 444 g/mol. The van der Waals surface area contributed by atoms with E-state index in [-0.39, 0.29) is 25.2 Å². The zero-order chi connectivity index (χ0) is 22.6. The van der Waals surface area contributed by atoms with E-state index in [2.05, 4.69) is 15.6 Å². The Morgan fingerprint density at radius 2 is 1.84 bits per heavy atom. The van der Waals surface area contributed by atoms with Crippen LogP contribution >= 0.6 is 0 Å². The van der Waals surface area contributed by atoms with Gasteiger partial charge < -0.3 is 10.1 Å². The van der Waals surface area contributed by atoms with Crippen LogP contribution in [0.5, 0.6) is 0 Å². The lowest BCUT2D eigenvalue weighted by molar-refractivity contribution is -0.137. The molecule has 1 amide bonds. The number of fused-ring (bicyclic) bond motifs is 2. The number of aromatic nitrogens is 3. The van der Waals surface area contributed by atoms with E-state index in [1.807, 2.05) is 30.3 Å². The minimum Gasteiger partial charge on any atom is -0.373 e. The molecule has 0 fully saturated rings. The van der Waals surface area contributed by atoms with Crippen LogP contribution in [0, 0.1) is 5.92 Å². The van der Waals surface area contributed by atoms with E-state index >= 15 is 0 Å². The molecule has 2 bridgehead atoms. The molecule has 6 nitrogen and oxygen atoms in total. The van der Waals surface area contributed by atoms with Crippen molar-refractivity contribution in [3.63, 3.8) is 0 Å². The summed E-state index contributed by atoms with van der Waals surface area (Å²) in [6.07, 6.45) is -1.82. The Kier molecular flexibility index (Phi) is 6.55. The fraction of sp³-hybridized carbons (Fsp3) is 0.348. The average Bonchev–Trinajstić information content (AvgIpc) is 3.23. The SMILES string of the molecule is O=C1N[C@H](c2ccccc2)COCc2cn(nn2)CC[C@@H]1Cc1ccc(C(F)(F)F)cc1. The summed E-state index contributed by atoms with van der Waals surface area (Å²) < 4.78 is 46.1. The Hall–Kier alpha value is -3.20. The molecule has 1 aromatic heterocycles. The third-order valence-electron chi connectivity index (χ3n) is 5.48. The van der Waals surface area contributed by atoms with Gasteiger partial charge in [0.2, 0.25) is 5.91 Å². The number of rotatable bonds is 3. The van der Waals surface area contributed by atoms with Gasteiger partial charge >= 0.3 is 6.18 Å². The van der Waals surface area contributed by atoms with Crippen LogP contribution in [-0.4, -0.2) is 27.5 Å². The predicted octanol–water partition coefficient (Wildman–Crippen LogP) is 3.93.